The van der Waals surface area contributed by atoms with Crippen molar-refractivity contribution >= 4 is 23.3 Å². The van der Waals surface area contributed by atoms with Gasteiger partial charge in [-0.1, -0.05) is 18.2 Å². The van der Waals surface area contributed by atoms with Gasteiger partial charge in [0, 0.05) is 0 Å². The zero-order chi connectivity index (χ0) is 15.5. The van der Waals surface area contributed by atoms with Crippen LogP contribution in [0.1, 0.15) is 16.1 Å². The van der Waals surface area contributed by atoms with E-state index in [1.807, 2.05) is 0 Å². The first kappa shape index (κ1) is 13.6. The zero-order valence-electron chi connectivity index (χ0n) is 11.6. The molecular formula is C15H11N5O2. The van der Waals surface area contributed by atoms with Crippen LogP contribution in [0.4, 0.5) is 11.6 Å². The number of ether oxygens (including phenoxy) is 1. The highest BCUT2D eigenvalue weighted by molar-refractivity contribution is 5.88. The second-order valence-corrected chi connectivity index (χ2v) is 4.39. The minimum atomic E-state index is -0.500. The molecule has 2 heterocycles. The molecule has 0 amide bonds. The summed E-state index contributed by atoms with van der Waals surface area (Å²) < 4.78 is 6.11. The number of carbonyl (C=O) groups is 1. The first-order valence-corrected chi connectivity index (χ1v) is 6.43. The first-order chi connectivity index (χ1) is 10.7. The summed E-state index contributed by atoms with van der Waals surface area (Å²) in [5.41, 5.74) is 1.85. The number of nitrogens with one attached hydrogen (secondary N) is 1. The van der Waals surface area contributed by atoms with E-state index in [1.165, 1.54) is 11.6 Å². The Kier molecular flexibility index (Phi) is 3.42. The van der Waals surface area contributed by atoms with E-state index in [9.17, 15) is 4.79 Å². The molecule has 1 aromatic carbocycles. The molecule has 108 valence electrons. The van der Waals surface area contributed by atoms with E-state index in [4.69, 9.17) is 10.00 Å². The van der Waals surface area contributed by atoms with Gasteiger partial charge in [0.2, 0.25) is 5.95 Å². The molecular weight excluding hydrogens is 282 g/mol. The number of nitriles is 1. The van der Waals surface area contributed by atoms with Gasteiger partial charge in [0.15, 0.2) is 11.3 Å². The number of esters is 1. The monoisotopic (exact) mass is 293 g/mol. The molecule has 0 saturated heterocycles. The number of benzene rings is 1. The van der Waals surface area contributed by atoms with Crippen molar-refractivity contribution in [3.05, 3.63) is 53.7 Å². The molecule has 0 aliphatic heterocycles. The van der Waals surface area contributed by atoms with Crippen molar-refractivity contribution in [3.63, 3.8) is 0 Å². The Morgan fingerprint density at radius 3 is 2.86 bits per heavy atom. The summed E-state index contributed by atoms with van der Waals surface area (Å²) in [5, 5.41) is 16.3. The highest BCUT2D eigenvalue weighted by Gasteiger charge is 2.14. The minimum Gasteiger partial charge on any atom is -0.464 e. The van der Waals surface area contributed by atoms with Gasteiger partial charge in [-0.3, -0.25) is 0 Å². The van der Waals surface area contributed by atoms with Gasteiger partial charge >= 0.3 is 5.97 Å². The average molecular weight is 293 g/mol. The molecule has 3 aromatic rings. The van der Waals surface area contributed by atoms with Gasteiger partial charge < -0.3 is 10.1 Å². The number of nitrogens with zero attached hydrogens (tertiary/aromatic N) is 4. The van der Waals surface area contributed by atoms with Crippen LogP contribution in [0.5, 0.6) is 0 Å². The largest absolute Gasteiger partial charge is 0.464 e. The number of carbonyl (C=O) groups excluding carboxylic acids is 1. The lowest BCUT2D eigenvalue weighted by atomic mass is 10.2. The van der Waals surface area contributed by atoms with Gasteiger partial charge in [-0.2, -0.15) is 10.2 Å². The van der Waals surface area contributed by atoms with Gasteiger partial charge in [-0.05, 0) is 24.3 Å². The molecule has 0 aliphatic rings. The van der Waals surface area contributed by atoms with Crippen molar-refractivity contribution < 1.29 is 9.53 Å². The maximum Gasteiger partial charge on any atom is 0.356 e. The van der Waals surface area contributed by atoms with Gasteiger partial charge in [0.25, 0.3) is 0 Å². The summed E-state index contributed by atoms with van der Waals surface area (Å²) in [4.78, 5) is 16.0. The predicted molar refractivity (Wildman–Crippen MR) is 78.8 cm³/mol. The quantitative estimate of drug-likeness (QED) is 0.744. The minimum absolute atomic E-state index is 0.272. The standard InChI is InChI=1S/C15H11N5O2/c1-22-14(21)12-7-4-8-13-18-15(19-20(12)13)17-11-6-3-2-5-10(11)9-16/h2-8H,1H3,(H,17,19). The second kappa shape index (κ2) is 5.54. The van der Waals surface area contributed by atoms with Gasteiger partial charge in [-0.15, -0.1) is 5.10 Å². The van der Waals surface area contributed by atoms with Crippen LogP contribution in [0.25, 0.3) is 5.65 Å². The summed E-state index contributed by atoms with van der Waals surface area (Å²) >= 11 is 0. The molecule has 2 aromatic heterocycles. The highest BCUT2D eigenvalue weighted by atomic mass is 16.5. The van der Waals surface area contributed by atoms with E-state index in [2.05, 4.69) is 21.5 Å². The van der Waals surface area contributed by atoms with Crippen LogP contribution >= 0.6 is 0 Å². The fourth-order valence-corrected chi connectivity index (χ4v) is 2.03. The number of fused-ring (bicyclic) bond motifs is 1. The fraction of sp³-hybridized carbons (Fsp3) is 0.0667. The Labute approximate surface area is 125 Å². The van der Waals surface area contributed by atoms with Crippen molar-refractivity contribution in [3.8, 4) is 6.07 Å². The number of para-hydroxylation sites is 1. The topological polar surface area (TPSA) is 92.3 Å². The van der Waals surface area contributed by atoms with Crippen LogP contribution in [-0.4, -0.2) is 27.7 Å². The summed E-state index contributed by atoms with van der Waals surface area (Å²) in [5.74, 6) is -0.210. The molecule has 0 unspecified atom stereocenters. The Bertz CT molecular complexity index is 894. The SMILES string of the molecule is COC(=O)c1cccc2nc(Nc3ccccc3C#N)nn12. The van der Waals surface area contributed by atoms with Crippen LogP contribution in [0.3, 0.4) is 0 Å². The average Bonchev–Trinajstić information content (AvgIpc) is 2.96. The molecule has 22 heavy (non-hydrogen) atoms. The maximum absolute atomic E-state index is 11.7. The number of hydrogen-bond donors (Lipinski definition) is 1. The van der Waals surface area contributed by atoms with Gasteiger partial charge in [0.05, 0.1) is 18.4 Å². The van der Waals surface area contributed by atoms with Gasteiger partial charge in [-0.25, -0.2) is 9.31 Å². The number of pyridine rings is 1. The van der Waals surface area contributed by atoms with Crippen molar-refractivity contribution in [2.45, 2.75) is 0 Å². The molecule has 0 radical (unpaired) electrons. The molecule has 0 bridgehead atoms. The van der Waals surface area contributed by atoms with Crippen molar-refractivity contribution in [2.75, 3.05) is 12.4 Å². The van der Waals surface area contributed by atoms with E-state index < -0.39 is 5.97 Å². The van der Waals surface area contributed by atoms with Gasteiger partial charge in [0.1, 0.15) is 6.07 Å². The third kappa shape index (κ3) is 2.33. The van der Waals surface area contributed by atoms with E-state index in [0.29, 0.717) is 22.8 Å². The molecule has 0 saturated carbocycles. The van der Waals surface area contributed by atoms with Crippen LogP contribution in [-0.2, 0) is 4.74 Å². The van der Waals surface area contributed by atoms with Crippen molar-refractivity contribution in [1.29, 1.82) is 5.26 Å². The molecule has 0 spiro atoms. The van der Waals surface area contributed by atoms with Crippen LogP contribution in [0.2, 0.25) is 0 Å². The first-order valence-electron chi connectivity index (χ1n) is 6.43. The Balaban J connectivity index is 2.03. The smallest absolute Gasteiger partial charge is 0.356 e. The van der Waals surface area contributed by atoms with Crippen molar-refractivity contribution in [1.82, 2.24) is 14.6 Å². The molecule has 7 heteroatoms. The van der Waals surface area contributed by atoms with E-state index in [-0.39, 0.29) is 5.69 Å². The summed E-state index contributed by atoms with van der Waals surface area (Å²) in [7, 11) is 1.31. The van der Waals surface area contributed by atoms with Crippen LogP contribution in [0, 0.1) is 11.3 Å². The predicted octanol–water partition coefficient (Wildman–Crippen LogP) is 2.13. The number of hydrogen-bond acceptors (Lipinski definition) is 6. The normalized spacial score (nSPS) is 10.2. The third-order valence-corrected chi connectivity index (χ3v) is 3.05. The molecule has 7 nitrogen and oxygen atoms in total. The summed E-state index contributed by atoms with van der Waals surface area (Å²) in [6.45, 7) is 0. The lowest BCUT2D eigenvalue weighted by molar-refractivity contribution is 0.0591. The number of aromatic nitrogens is 3. The number of rotatable bonds is 3. The highest BCUT2D eigenvalue weighted by Crippen LogP contribution is 2.19. The fourth-order valence-electron chi connectivity index (χ4n) is 2.03. The van der Waals surface area contributed by atoms with E-state index in [1.54, 1.807) is 42.5 Å². The zero-order valence-corrected chi connectivity index (χ0v) is 11.6. The summed E-state index contributed by atoms with van der Waals surface area (Å²) in [6.07, 6.45) is 0. The van der Waals surface area contributed by atoms with Crippen molar-refractivity contribution in [2.24, 2.45) is 0 Å². The molecule has 0 atom stereocenters. The van der Waals surface area contributed by atoms with E-state index in [0.717, 1.165) is 0 Å². The Morgan fingerprint density at radius 2 is 2.09 bits per heavy atom. The van der Waals surface area contributed by atoms with Crippen LogP contribution < -0.4 is 5.32 Å². The Hall–Kier alpha value is -3.40. The third-order valence-electron chi connectivity index (χ3n) is 3.05. The van der Waals surface area contributed by atoms with E-state index >= 15 is 0 Å². The maximum atomic E-state index is 11.7. The lowest BCUT2D eigenvalue weighted by Crippen LogP contribution is -2.08. The second-order valence-electron chi connectivity index (χ2n) is 4.39. The molecule has 0 aliphatic carbocycles. The number of anilines is 2. The molecule has 1 N–H and O–H groups in total. The lowest BCUT2D eigenvalue weighted by Gasteiger charge is -2.03. The Morgan fingerprint density at radius 1 is 1.27 bits per heavy atom. The number of methoxy groups -OCH3 is 1. The van der Waals surface area contributed by atoms with Crippen LogP contribution in [0.15, 0.2) is 42.5 Å². The summed E-state index contributed by atoms with van der Waals surface area (Å²) in [6, 6.07) is 14.1. The molecule has 0 fully saturated rings. The molecule has 3 rings (SSSR count).